The minimum atomic E-state index is -0.735. The van der Waals surface area contributed by atoms with Gasteiger partial charge in [0.15, 0.2) is 5.78 Å². The average molecular weight is 236 g/mol. The lowest BCUT2D eigenvalue weighted by atomic mass is 9.86. The fourth-order valence-corrected chi connectivity index (χ4v) is 2.28. The van der Waals surface area contributed by atoms with Crippen LogP contribution in [-0.2, 0) is 4.74 Å². The van der Waals surface area contributed by atoms with Gasteiger partial charge in [0.2, 0.25) is 0 Å². The van der Waals surface area contributed by atoms with Gasteiger partial charge >= 0.3 is 0 Å². The number of ether oxygens (including phenoxy) is 1. The Kier molecular flexibility index (Phi) is 3.29. The Bertz CT molecular complexity index is 434. The normalized spacial score (nSPS) is 24.6. The topological polar surface area (TPSA) is 26.3 Å². The summed E-state index contributed by atoms with van der Waals surface area (Å²) in [4.78, 5) is 12.4. The molecule has 3 heteroatoms. The van der Waals surface area contributed by atoms with Crippen LogP contribution < -0.4 is 0 Å². The molecule has 1 heterocycles. The Labute approximate surface area is 101 Å². The molecule has 1 aliphatic heterocycles. The Morgan fingerprint density at radius 1 is 1.41 bits per heavy atom. The van der Waals surface area contributed by atoms with Gasteiger partial charge in [-0.3, -0.25) is 4.79 Å². The molecule has 0 N–H and O–H groups in total. The summed E-state index contributed by atoms with van der Waals surface area (Å²) in [6.45, 7) is 4.21. The maximum absolute atomic E-state index is 13.0. The van der Waals surface area contributed by atoms with Crippen LogP contribution in [0, 0.1) is 12.7 Å². The zero-order valence-corrected chi connectivity index (χ0v) is 10.3. The van der Waals surface area contributed by atoms with Gasteiger partial charge in [0.25, 0.3) is 0 Å². The van der Waals surface area contributed by atoms with Crippen molar-refractivity contribution in [1.82, 2.24) is 0 Å². The summed E-state index contributed by atoms with van der Waals surface area (Å²) in [7, 11) is 0. The Balaban J connectivity index is 2.30. The second-order valence-electron chi connectivity index (χ2n) is 4.82. The minimum absolute atomic E-state index is 0.0327. The minimum Gasteiger partial charge on any atom is -0.367 e. The van der Waals surface area contributed by atoms with Gasteiger partial charge in [-0.05, 0) is 56.9 Å². The number of carbonyl (C=O) groups is 1. The van der Waals surface area contributed by atoms with Gasteiger partial charge in [-0.15, -0.1) is 0 Å². The molecule has 2 nitrogen and oxygen atoms in total. The Morgan fingerprint density at radius 2 is 2.18 bits per heavy atom. The van der Waals surface area contributed by atoms with Crippen LogP contribution in [0.3, 0.4) is 0 Å². The molecule has 1 aromatic rings. The lowest BCUT2D eigenvalue weighted by molar-refractivity contribution is -0.0426. The van der Waals surface area contributed by atoms with Crippen LogP contribution in [0.25, 0.3) is 0 Å². The molecule has 1 aromatic carbocycles. The number of aryl methyl sites for hydroxylation is 1. The summed E-state index contributed by atoms with van der Waals surface area (Å²) in [5.41, 5.74) is 0.502. The highest BCUT2D eigenvalue weighted by Gasteiger charge is 2.37. The number of hydrogen-bond donors (Lipinski definition) is 0. The monoisotopic (exact) mass is 236 g/mol. The molecule has 1 atom stereocenters. The van der Waals surface area contributed by atoms with Crippen molar-refractivity contribution >= 4 is 5.78 Å². The van der Waals surface area contributed by atoms with E-state index < -0.39 is 5.60 Å². The van der Waals surface area contributed by atoms with E-state index in [0.717, 1.165) is 19.3 Å². The van der Waals surface area contributed by atoms with Gasteiger partial charge < -0.3 is 4.74 Å². The van der Waals surface area contributed by atoms with Crippen molar-refractivity contribution in [2.75, 3.05) is 6.61 Å². The Morgan fingerprint density at radius 3 is 2.76 bits per heavy atom. The lowest BCUT2D eigenvalue weighted by Crippen LogP contribution is -2.41. The third-order valence-electron chi connectivity index (χ3n) is 3.38. The number of rotatable bonds is 2. The summed E-state index contributed by atoms with van der Waals surface area (Å²) in [6.07, 6.45) is 2.75. The predicted octanol–water partition coefficient (Wildman–Crippen LogP) is 3.28. The number of carbonyl (C=O) groups excluding carboxylic acids is 1. The molecular weight excluding hydrogens is 219 g/mol. The van der Waals surface area contributed by atoms with E-state index in [9.17, 15) is 9.18 Å². The highest BCUT2D eigenvalue weighted by Crippen LogP contribution is 2.29. The van der Waals surface area contributed by atoms with Crippen LogP contribution in [0.15, 0.2) is 18.2 Å². The molecular formula is C14H17FO2. The third-order valence-corrected chi connectivity index (χ3v) is 3.38. The second kappa shape index (κ2) is 4.57. The number of hydrogen-bond acceptors (Lipinski definition) is 2. The van der Waals surface area contributed by atoms with Crippen LogP contribution >= 0.6 is 0 Å². The maximum atomic E-state index is 13.0. The van der Waals surface area contributed by atoms with E-state index in [1.165, 1.54) is 12.1 Å². The van der Waals surface area contributed by atoms with E-state index in [-0.39, 0.29) is 11.6 Å². The lowest BCUT2D eigenvalue weighted by Gasteiger charge is -2.32. The Hall–Kier alpha value is -1.22. The van der Waals surface area contributed by atoms with Crippen molar-refractivity contribution in [3.8, 4) is 0 Å². The second-order valence-corrected chi connectivity index (χ2v) is 4.82. The van der Waals surface area contributed by atoms with Crippen molar-refractivity contribution in [1.29, 1.82) is 0 Å². The standard InChI is InChI=1S/C14H17FO2/c1-10-9-11(15)5-6-12(10)13(16)14(2)7-3-4-8-17-14/h5-6,9H,3-4,7-8H2,1-2H3. The van der Waals surface area contributed by atoms with Crippen molar-refractivity contribution < 1.29 is 13.9 Å². The molecule has 2 rings (SSSR count). The molecule has 92 valence electrons. The average Bonchev–Trinajstić information content (AvgIpc) is 2.29. The zero-order valence-electron chi connectivity index (χ0n) is 10.3. The van der Waals surface area contributed by atoms with Crippen LogP contribution in [0.1, 0.15) is 42.1 Å². The molecule has 0 spiro atoms. The molecule has 1 unspecified atom stereocenters. The van der Waals surface area contributed by atoms with Gasteiger partial charge in [-0.2, -0.15) is 0 Å². The molecule has 0 amide bonds. The number of ketones is 1. The quantitative estimate of drug-likeness (QED) is 0.737. The van der Waals surface area contributed by atoms with Crippen molar-refractivity contribution in [2.24, 2.45) is 0 Å². The summed E-state index contributed by atoms with van der Waals surface area (Å²) >= 11 is 0. The van der Waals surface area contributed by atoms with E-state index in [1.54, 1.807) is 13.0 Å². The predicted molar refractivity (Wildman–Crippen MR) is 63.7 cm³/mol. The molecule has 1 fully saturated rings. The van der Waals surface area contributed by atoms with Crippen LogP contribution in [0.2, 0.25) is 0 Å². The van der Waals surface area contributed by atoms with Crippen LogP contribution in [0.5, 0.6) is 0 Å². The van der Waals surface area contributed by atoms with E-state index in [2.05, 4.69) is 0 Å². The highest BCUT2D eigenvalue weighted by molar-refractivity contribution is 6.03. The molecule has 0 aliphatic carbocycles. The zero-order chi connectivity index (χ0) is 12.5. The molecule has 17 heavy (non-hydrogen) atoms. The third kappa shape index (κ3) is 2.39. The van der Waals surface area contributed by atoms with E-state index >= 15 is 0 Å². The summed E-state index contributed by atoms with van der Waals surface area (Å²) in [6, 6.07) is 4.27. The largest absolute Gasteiger partial charge is 0.367 e. The summed E-state index contributed by atoms with van der Waals surface area (Å²) < 4.78 is 18.6. The molecule has 1 aliphatic rings. The van der Waals surface area contributed by atoms with Crippen molar-refractivity contribution in [3.05, 3.63) is 35.1 Å². The first-order valence-electron chi connectivity index (χ1n) is 5.98. The smallest absolute Gasteiger partial charge is 0.194 e. The first-order valence-corrected chi connectivity index (χ1v) is 5.98. The van der Waals surface area contributed by atoms with Gasteiger partial charge in [0, 0.05) is 12.2 Å². The van der Waals surface area contributed by atoms with Gasteiger partial charge in [0.05, 0.1) is 0 Å². The molecule has 0 saturated carbocycles. The molecule has 0 radical (unpaired) electrons. The summed E-state index contributed by atoms with van der Waals surface area (Å²) in [5.74, 6) is -0.344. The maximum Gasteiger partial charge on any atom is 0.194 e. The van der Waals surface area contributed by atoms with Gasteiger partial charge in [0.1, 0.15) is 11.4 Å². The fourth-order valence-electron chi connectivity index (χ4n) is 2.28. The fraction of sp³-hybridized carbons (Fsp3) is 0.500. The van der Waals surface area contributed by atoms with E-state index in [1.807, 2.05) is 6.92 Å². The van der Waals surface area contributed by atoms with Crippen LogP contribution in [0.4, 0.5) is 4.39 Å². The van der Waals surface area contributed by atoms with Gasteiger partial charge in [-0.1, -0.05) is 0 Å². The van der Waals surface area contributed by atoms with Crippen molar-refractivity contribution in [3.63, 3.8) is 0 Å². The first-order chi connectivity index (χ1) is 8.03. The number of halogens is 1. The first kappa shape index (κ1) is 12.2. The molecule has 0 aromatic heterocycles. The molecule has 0 bridgehead atoms. The van der Waals surface area contributed by atoms with E-state index in [4.69, 9.17) is 4.74 Å². The highest BCUT2D eigenvalue weighted by atomic mass is 19.1. The molecule has 1 saturated heterocycles. The SMILES string of the molecule is Cc1cc(F)ccc1C(=O)C1(C)CCCCO1. The number of benzene rings is 1. The van der Waals surface area contributed by atoms with Gasteiger partial charge in [-0.25, -0.2) is 4.39 Å². The summed E-state index contributed by atoms with van der Waals surface area (Å²) in [5, 5.41) is 0. The van der Waals surface area contributed by atoms with Crippen LogP contribution in [-0.4, -0.2) is 18.0 Å². The van der Waals surface area contributed by atoms with Crippen molar-refractivity contribution in [2.45, 2.75) is 38.7 Å². The van der Waals surface area contributed by atoms with E-state index in [0.29, 0.717) is 17.7 Å². The number of Topliss-reactive ketones (excluding diaryl/α,β-unsaturated/α-hetero) is 1.